The van der Waals surface area contributed by atoms with Crippen LogP contribution in [0.5, 0.6) is 11.5 Å². The van der Waals surface area contributed by atoms with Crippen LogP contribution in [0.25, 0.3) is 0 Å². The summed E-state index contributed by atoms with van der Waals surface area (Å²) in [7, 11) is 0. The van der Waals surface area contributed by atoms with Crippen molar-refractivity contribution in [2.45, 2.75) is 220 Å². The summed E-state index contributed by atoms with van der Waals surface area (Å²) in [5.74, 6) is -0.863. The zero-order valence-electron chi connectivity index (χ0n) is 52.2. The van der Waals surface area contributed by atoms with Crippen LogP contribution >= 0.6 is 0 Å². The molecule has 0 bridgehead atoms. The Morgan fingerprint density at radius 3 is 1.58 bits per heavy atom. The fourth-order valence-corrected chi connectivity index (χ4v) is 8.78. The number of carbonyl (C=O) groups excluding carboxylic acids is 6. The highest BCUT2D eigenvalue weighted by molar-refractivity contribution is 6.02. The normalized spacial score (nSPS) is 13.6. The summed E-state index contributed by atoms with van der Waals surface area (Å²) in [6, 6.07) is 22.1. The number of hydrogen-bond donors (Lipinski definition) is 6. The van der Waals surface area contributed by atoms with Crippen LogP contribution in [0.1, 0.15) is 172 Å². The van der Waals surface area contributed by atoms with Gasteiger partial charge in [-0.05, 0) is 183 Å². The predicted octanol–water partition coefficient (Wildman–Crippen LogP) is 9.65. The van der Waals surface area contributed by atoms with Crippen LogP contribution in [0.4, 0.5) is 14.4 Å². The Labute approximate surface area is 493 Å². The van der Waals surface area contributed by atoms with Gasteiger partial charge in [0.15, 0.2) is 0 Å². The van der Waals surface area contributed by atoms with Crippen molar-refractivity contribution in [3.05, 3.63) is 95.6 Å². The van der Waals surface area contributed by atoms with E-state index in [1.165, 1.54) is 0 Å². The van der Waals surface area contributed by atoms with Crippen molar-refractivity contribution in [3.63, 3.8) is 0 Å². The highest BCUT2D eigenvalue weighted by Crippen LogP contribution is 2.29. The van der Waals surface area contributed by atoms with Crippen molar-refractivity contribution >= 4 is 42.0 Å². The van der Waals surface area contributed by atoms with Crippen molar-refractivity contribution in [1.29, 1.82) is 0 Å². The van der Waals surface area contributed by atoms with Crippen molar-refractivity contribution in [3.8, 4) is 11.5 Å². The van der Waals surface area contributed by atoms with Gasteiger partial charge in [-0.3, -0.25) is 34.9 Å². The number of aliphatic hydroxyl groups is 1. The van der Waals surface area contributed by atoms with Gasteiger partial charge in [0.1, 0.15) is 45.0 Å². The van der Waals surface area contributed by atoms with E-state index in [2.05, 4.69) is 20.9 Å². The second-order valence-corrected chi connectivity index (χ2v) is 26.0. The average Bonchev–Trinajstić information content (AvgIpc) is 2.99. The zero-order chi connectivity index (χ0) is 62.4. The van der Waals surface area contributed by atoms with Gasteiger partial charge in [-0.25, -0.2) is 19.3 Å². The van der Waals surface area contributed by atoms with Crippen LogP contribution in [0.2, 0.25) is 0 Å². The van der Waals surface area contributed by atoms with Crippen molar-refractivity contribution in [2.24, 2.45) is 16.5 Å². The molecule has 462 valence electrons. The summed E-state index contributed by atoms with van der Waals surface area (Å²) in [6.45, 7) is 27.3. The minimum Gasteiger partial charge on any atom is -0.488 e. The van der Waals surface area contributed by atoms with E-state index in [1.54, 1.807) is 74.4 Å². The van der Waals surface area contributed by atoms with Crippen LogP contribution in [-0.4, -0.2) is 129 Å². The Morgan fingerprint density at radius 2 is 1.10 bits per heavy atom. The minimum absolute atomic E-state index is 0.0386. The number of primary amides is 1. The zero-order valence-corrected chi connectivity index (χ0v) is 52.2. The molecule has 0 aliphatic carbocycles. The number of ether oxygens (including phenoxy) is 5. The third kappa shape index (κ3) is 28.4. The predicted molar refractivity (Wildman–Crippen MR) is 323 cm³/mol. The quantitative estimate of drug-likeness (QED) is 0.0179. The summed E-state index contributed by atoms with van der Waals surface area (Å²) in [5, 5.41) is 18.1. The molecule has 8 N–H and O–H groups in total. The van der Waals surface area contributed by atoms with Gasteiger partial charge in [0.25, 0.3) is 5.91 Å². The SMILES string of the molecule is CC(C)(C)OC(=O)NC(=NCCCCCC[C@@](Cc1ccc(OC(C)(C)C)cc1)(NC(=O)[C@@H](N)Cc1ccc(OC(C)(C)C)cc1)C(=O)N(CCCC[C@@H](C(N)=O)N(CCO)Cc1ccccc1)C(=O)OC(C)(C)C)NC(=O)OC(C)(C)C. The van der Waals surface area contributed by atoms with E-state index in [0.717, 1.165) is 16.0 Å². The van der Waals surface area contributed by atoms with Gasteiger partial charge in [-0.1, -0.05) is 73.9 Å². The van der Waals surface area contributed by atoms with Gasteiger partial charge in [0.05, 0.1) is 18.7 Å². The van der Waals surface area contributed by atoms with Gasteiger partial charge in [-0.2, -0.15) is 0 Å². The lowest BCUT2D eigenvalue weighted by Gasteiger charge is -2.39. The highest BCUT2D eigenvalue weighted by atomic mass is 16.6. The van der Waals surface area contributed by atoms with E-state index in [9.17, 15) is 29.1 Å². The molecule has 3 aromatic rings. The van der Waals surface area contributed by atoms with Crippen LogP contribution in [0.15, 0.2) is 83.9 Å². The number of rotatable bonds is 27. The van der Waals surface area contributed by atoms with Crippen LogP contribution in [0, 0.1) is 0 Å². The smallest absolute Gasteiger partial charge is 0.417 e. The first-order chi connectivity index (χ1) is 38.4. The number of nitrogens with two attached hydrogens (primary N) is 2. The molecule has 0 aromatic heterocycles. The number of unbranched alkanes of at least 4 members (excludes halogenated alkanes) is 4. The number of imide groups is 1. The summed E-state index contributed by atoms with van der Waals surface area (Å²) >= 11 is 0. The number of benzene rings is 3. The fraction of sp³-hybridized carbons (Fsp3) is 0.603. The molecule has 83 heavy (non-hydrogen) atoms. The molecule has 20 nitrogen and oxygen atoms in total. The molecule has 0 saturated heterocycles. The lowest BCUT2D eigenvalue weighted by molar-refractivity contribution is -0.142. The standard InChI is InChI=1S/C63H98N8O12/c1-58(2,3)79-47-32-28-44(29-33-47)41-49(64)52(74)69-63(42-45-30-34-48(35-31-45)80-59(4,5)6,36-22-16-17-23-37-66-54(67-55(76)81-60(7,8)9)68-56(77)82-61(10,11)12)53(75)71(57(78)83-62(13,14)15)38-24-21-27-50(51(65)73)70(39-40-72)43-46-25-19-18-20-26-46/h18-20,25-26,28-35,49-50,72H,16-17,21-24,27,36-43,64H2,1-15H3,(H2,65,73)(H,69,74)(H2,66,67,68,76,77)/t49-,50-,63-/m0/s1. The maximum Gasteiger partial charge on any atom is 0.417 e. The third-order valence-corrected chi connectivity index (χ3v) is 12.1. The number of carbonyl (C=O) groups is 6. The molecule has 0 aliphatic rings. The Balaban J connectivity index is 2.11. The average molecular weight is 1160 g/mol. The van der Waals surface area contributed by atoms with Crippen molar-refractivity contribution in [2.75, 3.05) is 26.2 Å². The first kappa shape index (κ1) is 70.5. The monoisotopic (exact) mass is 1160 g/mol. The molecule has 0 fully saturated rings. The lowest BCUT2D eigenvalue weighted by Crippen LogP contribution is -2.64. The molecule has 0 heterocycles. The number of nitrogens with one attached hydrogen (secondary N) is 3. The Hall–Kier alpha value is -6.77. The van der Waals surface area contributed by atoms with Gasteiger partial charge in [0.2, 0.25) is 17.8 Å². The van der Waals surface area contributed by atoms with Crippen LogP contribution in [-0.2, 0) is 48.0 Å². The van der Waals surface area contributed by atoms with E-state index in [4.69, 9.17) is 35.2 Å². The summed E-state index contributed by atoms with van der Waals surface area (Å²) in [6.07, 6.45) is 0.189. The maximum atomic E-state index is 16.0. The molecule has 0 spiro atoms. The molecule has 0 aliphatic heterocycles. The van der Waals surface area contributed by atoms with Crippen LogP contribution in [0.3, 0.4) is 0 Å². The molecular weight excluding hydrogens is 1060 g/mol. The van der Waals surface area contributed by atoms with E-state index in [1.807, 2.05) is 113 Å². The lowest BCUT2D eigenvalue weighted by atomic mass is 9.83. The largest absolute Gasteiger partial charge is 0.488 e. The van der Waals surface area contributed by atoms with Gasteiger partial charge in [0, 0.05) is 32.6 Å². The molecule has 3 aromatic carbocycles. The van der Waals surface area contributed by atoms with Crippen molar-refractivity contribution < 1.29 is 57.6 Å². The van der Waals surface area contributed by atoms with Gasteiger partial charge < -0.3 is 45.6 Å². The van der Waals surface area contributed by atoms with Gasteiger partial charge >= 0.3 is 18.3 Å². The Morgan fingerprint density at radius 1 is 0.590 bits per heavy atom. The molecular formula is C63H98N8O12. The fourth-order valence-electron chi connectivity index (χ4n) is 8.78. The minimum atomic E-state index is -1.80. The molecule has 3 atom stereocenters. The summed E-state index contributed by atoms with van der Waals surface area (Å²) in [4.78, 5) is 91.3. The first-order valence-corrected chi connectivity index (χ1v) is 28.9. The molecule has 6 amide bonds. The number of nitrogens with zero attached hydrogens (tertiary/aromatic N) is 3. The number of guanidine groups is 1. The second-order valence-electron chi connectivity index (χ2n) is 26.0. The second kappa shape index (κ2) is 31.8. The van der Waals surface area contributed by atoms with Crippen LogP contribution < -0.4 is 36.9 Å². The molecule has 0 radical (unpaired) electrons. The number of hydrogen-bond acceptors (Lipinski definition) is 15. The Bertz CT molecular complexity index is 2530. The molecule has 20 heteroatoms. The number of aliphatic imine (C=N–C) groups is 1. The number of amides is 6. The van der Waals surface area contributed by atoms with E-state index in [-0.39, 0.29) is 64.3 Å². The molecule has 0 unspecified atom stereocenters. The van der Waals surface area contributed by atoms with E-state index >= 15 is 4.79 Å². The topological polar surface area (TPSA) is 276 Å². The Kier molecular flexibility index (Phi) is 27.0. The summed E-state index contributed by atoms with van der Waals surface area (Å²) < 4.78 is 28.9. The van der Waals surface area contributed by atoms with E-state index < -0.39 is 81.6 Å². The van der Waals surface area contributed by atoms with E-state index in [0.29, 0.717) is 55.7 Å². The maximum absolute atomic E-state index is 16.0. The molecule has 3 rings (SSSR count). The third-order valence-electron chi connectivity index (χ3n) is 12.1. The van der Waals surface area contributed by atoms with Gasteiger partial charge in [-0.15, -0.1) is 0 Å². The summed E-state index contributed by atoms with van der Waals surface area (Å²) in [5.41, 5.74) is 9.67. The van der Waals surface area contributed by atoms with Crippen molar-refractivity contribution in [1.82, 2.24) is 25.8 Å². The number of alkyl carbamates (subject to hydrolysis) is 2. The highest BCUT2D eigenvalue weighted by Gasteiger charge is 2.46. The first-order valence-electron chi connectivity index (χ1n) is 28.9. The molecule has 0 saturated carbocycles. The number of aliphatic hydroxyl groups excluding tert-OH is 1.